The van der Waals surface area contributed by atoms with Crippen molar-refractivity contribution in [3.05, 3.63) is 48.5 Å². The van der Waals surface area contributed by atoms with Crippen LogP contribution < -0.4 is 14.8 Å². The average molecular weight is 660 g/mol. The second kappa shape index (κ2) is 21.3. The summed E-state index contributed by atoms with van der Waals surface area (Å²) >= 11 is 0. The lowest BCUT2D eigenvalue weighted by Gasteiger charge is -2.40. The van der Waals surface area contributed by atoms with E-state index in [0.29, 0.717) is 52.2 Å². The van der Waals surface area contributed by atoms with Crippen LogP contribution in [0.1, 0.15) is 79.1 Å². The van der Waals surface area contributed by atoms with Gasteiger partial charge in [-0.3, -0.25) is 0 Å². The first kappa shape index (κ1) is 37.8. The lowest BCUT2D eigenvalue weighted by Crippen LogP contribution is -2.46. The predicted molar refractivity (Wildman–Crippen MR) is 184 cm³/mol. The van der Waals surface area contributed by atoms with Crippen LogP contribution in [0.25, 0.3) is 11.1 Å². The number of hydrogen-bond acceptors (Lipinski definition) is 8. The fourth-order valence-electron chi connectivity index (χ4n) is 5.32. The monoisotopic (exact) mass is 659 g/mol. The first-order chi connectivity index (χ1) is 22.5. The third-order valence-electron chi connectivity index (χ3n) is 8.22. The zero-order valence-corrected chi connectivity index (χ0v) is 29.6. The lowest BCUT2D eigenvalue weighted by molar-refractivity contribution is -0.133. The molecule has 3 rings (SSSR count). The maximum absolute atomic E-state index is 12.0. The van der Waals surface area contributed by atoms with E-state index < -0.39 is 8.80 Å². The van der Waals surface area contributed by atoms with Gasteiger partial charge in [0.25, 0.3) is 0 Å². The van der Waals surface area contributed by atoms with Crippen molar-refractivity contribution in [2.24, 2.45) is 5.41 Å². The third kappa shape index (κ3) is 13.2. The summed E-state index contributed by atoms with van der Waals surface area (Å²) in [6, 6.07) is 17.2. The van der Waals surface area contributed by atoms with Gasteiger partial charge in [-0.25, -0.2) is 4.79 Å². The van der Waals surface area contributed by atoms with Crippen molar-refractivity contribution in [2.45, 2.75) is 85.1 Å². The van der Waals surface area contributed by atoms with Crippen LogP contribution in [0, 0.1) is 5.41 Å². The van der Waals surface area contributed by atoms with Crippen molar-refractivity contribution in [3.63, 3.8) is 0 Å². The minimum atomic E-state index is -2.67. The fourth-order valence-corrected chi connectivity index (χ4v) is 7.93. The van der Waals surface area contributed by atoms with Gasteiger partial charge in [0.1, 0.15) is 11.5 Å². The molecule has 0 unspecified atom stereocenters. The van der Waals surface area contributed by atoms with E-state index in [1.54, 1.807) is 0 Å². The van der Waals surface area contributed by atoms with Crippen molar-refractivity contribution in [1.29, 1.82) is 0 Å². The Bertz CT molecular complexity index is 1070. The molecule has 0 radical (unpaired) electrons. The second-order valence-corrected chi connectivity index (χ2v) is 14.5. The Balaban J connectivity index is 1.17. The Morgan fingerprint density at radius 3 is 1.74 bits per heavy atom. The molecule has 1 amide bonds. The molecule has 0 spiro atoms. The van der Waals surface area contributed by atoms with Gasteiger partial charge in [0.05, 0.1) is 38.4 Å². The molecule has 46 heavy (non-hydrogen) atoms. The summed E-state index contributed by atoms with van der Waals surface area (Å²) in [7, 11) is -2.67. The van der Waals surface area contributed by atoms with E-state index in [0.717, 1.165) is 87.2 Å². The molecule has 258 valence electrons. The third-order valence-corrected chi connectivity index (χ3v) is 11.4. The Hall–Kier alpha value is -2.63. The maximum atomic E-state index is 12.0. The smallest absolute Gasteiger partial charge is 0.494 e. The molecule has 0 saturated carbocycles. The molecule has 0 aromatic heterocycles. The summed E-state index contributed by atoms with van der Waals surface area (Å²) in [6.45, 7) is 13.6. The summed E-state index contributed by atoms with van der Waals surface area (Å²) in [6.07, 6.45) is 7.75. The summed E-state index contributed by atoms with van der Waals surface area (Å²) in [5.74, 6) is 1.79. The van der Waals surface area contributed by atoms with Crippen LogP contribution in [0.5, 0.6) is 11.5 Å². The molecular weight excluding hydrogens is 602 g/mol. The molecule has 9 nitrogen and oxygen atoms in total. The number of hydrogen-bond donors (Lipinski definition) is 1. The molecule has 1 fully saturated rings. The van der Waals surface area contributed by atoms with Gasteiger partial charge in [-0.1, -0.05) is 56.9 Å². The van der Waals surface area contributed by atoms with Crippen molar-refractivity contribution >= 4 is 14.9 Å². The standard InChI is InChI=1S/C36H57NO8Si/c1-5-36(28-39-29-36)30-42-34-22-18-32(19-23-34)31-16-20-33(21-17-31)40-25-13-11-9-10-12-14-26-41-35(38)37-24-15-27-46(43-6-2,44-7-3)45-8-4/h16-23H,5-15,24-30H2,1-4H3,(H,37,38). The lowest BCUT2D eigenvalue weighted by atomic mass is 9.84. The first-order valence-electron chi connectivity index (χ1n) is 17.3. The largest absolute Gasteiger partial charge is 0.500 e. The van der Waals surface area contributed by atoms with Crippen molar-refractivity contribution in [2.75, 3.05) is 59.4 Å². The molecule has 2 aromatic rings. The van der Waals surface area contributed by atoms with Crippen LogP contribution >= 0.6 is 0 Å². The SMILES string of the molecule is CCO[Si](CCCNC(=O)OCCCCCCCCOc1ccc(-c2ccc(OCC3(CC)COC3)cc2)cc1)(OCC)OCC. The van der Waals surface area contributed by atoms with Crippen LogP contribution in [0.15, 0.2) is 48.5 Å². The van der Waals surface area contributed by atoms with Crippen molar-refractivity contribution < 1.29 is 37.0 Å². The number of carbonyl (C=O) groups is 1. The van der Waals surface area contributed by atoms with Crippen LogP contribution in [0.4, 0.5) is 4.79 Å². The molecule has 1 saturated heterocycles. The molecule has 0 aliphatic carbocycles. The number of benzene rings is 2. The van der Waals surface area contributed by atoms with Crippen LogP contribution in [-0.4, -0.2) is 74.3 Å². The van der Waals surface area contributed by atoms with Crippen LogP contribution in [-0.2, 0) is 22.8 Å². The molecule has 2 aromatic carbocycles. The van der Waals surface area contributed by atoms with Gasteiger partial charge in [0.2, 0.25) is 0 Å². The summed E-state index contributed by atoms with van der Waals surface area (Å²) in [5, 5.41) is 2.82. The number of amides is 1. The van der Waals surface area contributed by atoms with Crippen LogP contribution in [0.3, 0.4) is 0 Å². The Morgan fingerprint density at radius 1 is 0.717 bits per heavy atom. The maximum Gasteiger partial charge on any atom is 0.500 e. The van der Waals surface area contributed by atoms with E-state index in [4.69, 9.17) is 32.2 Å². The highest BCUT2D eigenvalue weighted by Gasteiger charge is 2.39. The Labute approximate surface area is 277 Å². The number of unbranched alkanes of at least 4 members (excludes halogenated alkanes) is 5. The van der Waals surface area contributed by atoms with E-state index in [1.807, 2.05) is 45.0 Å². The van der Waals surface area contributed by atoms with Gasteiger partial charge in [0, 0.05) is 32.4 Å². The van der Waals surface area contributed by atoms with Crippen LogP contribution in [0.2, 0.25) is 6.04 Å². The highest BCUT2D eigenvalue weighted by molar-refractivity contribution is 6.60. The minimum absolute atomic E-state index is 0.182. The number of ether oxygens (including phenoxy) is 4. The predicted octanol–water partition coefficient (Wildman–Crippen LogP) is 8.04. The first-order valence-corrected chi connectivity index (χ1v) is 19.3. The zero-order chi connectivity index (χ0) is 32.9. The highest BCUT2D eigenvalue weighted by atomic mass is 28.4. The van der Waals surface area contributed by atoms with Gasteiger partial charge in [-0.2, -0.15) is 0 Å². The number of alkyl carbamates (subject to hydrolysis) is 1. The highest BCUT2D eigenvalue weighted by Crippen LogP contribution is 2.32. The van der Waals surface area contributed by atoms with Gasteiger partial charge in [0.15, 0.2) is 0 Å². The van der Waals surface area contributed by atoms with Gasteiger partial charge in [-0.05, 0) is 81.8 Å². The average Bonchev–Trinajstić information content (AvgIpc) is 3.05. The zero-order valence-electron chi connectivity index (χ0n) is 28.6. The van der Waals surface area contributed by atoms with Gasteiger partial charge in [-0.15, -0.1) is 0 Å². The molecule has 1 heterocycles. The fraction of sp³-hybridized carbons (Fsp3) is 0.639. The van der Waals surface area contributed by atoms with Crippen molar-refractivity contribution in [1.82, 2.24) is 5.32 Å². The molecular formula is C36H57NO8Si. The van der Waals surface area contributed by atoms with E-state index in [9.17, 15) is 4.79 Å². The van der Waals surface area contributed by atoms with Crippen molar-refractivity contribution in [3.8, 4) is 22.6 Å². The molecule has 1 N–H and O–H groups in total. The minimum Gasteiger partial charge on any atom is -0.494 e. The van der Waals surface area contributed by atoms with E-state index >= 15 is 0 Å². The Kier molecular flexibility index (Phi) is 17.5. The van der Waals surface area contributed by atoms with E-state index in [-0.39, 0.29) is 11.5 Å². The molecule has 0 bridgehead atoms. The van der Waals surface area contributed by atoms with E-state index in [1.165, 1.54) is 0 Å². The quantitative estimate of drug-likeness (QED) is 0.0846. The van der Waals surface area contributed by atoms with Gasteiger partial charge < -0.3 is 37.5 Å². The second-order valence-electron chi connectivity index (χ2n) is 11.8. The van der Waals surface area contributed by atoms with E-state index in [2.05, 4.69) is 36.5 Å². The summed E-state index contributed by atoms with van der Waals surface area (Å²) in [4.78, 5) is 12.0. The normalized spacial score (nSPS) is 14.0. The number of rotatable bonds is 25. The van der Waals surface area contributed by atoms with Gasteiger partial charge >= 0.3 is 14.9 Å². The topological polar surface area (TPSA) is 93.7 Å². The number of nitrogens with one attached hydrogen (secondary N) is 1. The molecule has 1 aliphatic heterocycles. The summed E-state index contributed by atoms with van der Waals surface area (Å²) in [5.41, 5.74) is 2.49. The summed E-state index contributed by atoms with van der Waals surface area (Å²) < 4.78 is 40.2. The molecule has 0 atom stereocenters. The Morgan fingerprint density at radius 2 is 1.24 bits per heavy atom. The molecule has 10 heteroatoms. The number of carbonyl (C=O) groups excluding carboxylic acids is 1. The molecule has 1 aliphatic rings.